The fourth-order valence-corrected chi connectivity index (χ4v) is 5.93. The Morgan fingerprint density at radius 1 is 0.946 bits per heavy atom. The first-order chi connectivity index (χ1) is 17.5. The third-order valence-electron chi connectivity index (χ3n) is 6.31. The summed E-state index contributed by atoms with van der Waals surface area (Å²) in [5.74, 6) is -4.50. The number of pyridine rings is 1. The highest BCUT2D eigenvalue weighted by atomic mass is 32.2. The van der Waals surface area contributed by atoms with Gasteiger partial charge in [0, 0.05) is 28.5 Å². The second kappa shape index (κ2) is 9.02. The largest absolute Gasteiger partial charge is 0.467 e. The minimum absolute atomic E-state index is 0.0111. The van der Waals surface area contributed by atoms with Crippen molar-refractivity contribution in [3.8, 4) is 11.1 Å². The van der Waals surface area contributed by atoms with E-state index in [2.05, 4.69) is 0 Å². The Morgan fingerprint density at radius 2 is 1.65 bits per heavy atom. The number of hydrogen-bond donors (Lipinski definition) is 0. The first-order valence-corrected chi connectivity index (χ1v) is 12.1. The van der Waals surface area contributed by atoms with Crippen molar-refractivity contribution in [1.82, 2.24) is 4.57 Å². The second-order valence-corrected chi connectivity index (χ2v) is 9.48. The van der Waals surface area contributed by atoms with Gasteiger partial charge < -0.3 is 4.74 Å². The van der Waals surface area contributed by atoms with Crippen LogP contribution in [0.3, 0.4) is 0 Å². The molecule has 0 saturated carbocycles. The molecule has 0 saturated heterocycles. The number of ether oxygens (including phenoxy) is 1. The number of thioether (sulfide) groups is 1. The number of rotatable bonds is 4. The van der Waals surface area contributed by atoms with Crippen molar-refractivity contribution in [3.05, 3.63) is 99.8 Å². The van der Waals surface area contributed by atoms with Crippen LogP contribution < -0.4 is 5.56 Å². The third-order valence-corrected chi connectivity index (χ3v) is 7.47. The van der Waals surface area contributed by atoms with Crippen LogP contribution in [0.15, 0.2) is 82.6 Å². The van der Waals surface area contributed by atoms with E-state index in [1.807, 2.05) is 0 Å². The Bertz CT molecular complexity index is 1590. The van der Waals surface area contributed by atoms with Crippen LogP contribution in [-0.4, -0.2) is 23.4 Å². The lowest BCUT2D eigenvalue weighted by atomic mass is 9.90. The quantitative estimate of drug-likeness (QED) is 0.219. The summed E-state index contributed by atoms with van der Waals surface area (Å²) in [6, 6.07) is 14.5. The zero-order chi connectivity index (χ0) is 26.5. The first kappa shape index (κ1) is 25.0. The van der Waals surface area contributed by atoms with Gasteiger partial charge in [-0.1, -0.05) is 54.6 Å². The van der Waals surface area contributed by atoms with Gasteiger partial charge in [0.05, 0.1) is 17.7 Å². The molecule has 0 bridgehead atoms. The minimum Gasteiger partial charge on any atom is -0.467 e. The normalized spacial score (nSPS) is 15.6. The molecular formula is C27H18F5NO3S. The highest BCUT2D eigenvalue weighted by molar-refractivity contribution is 7.99. The Hall–Kier alpha value is -3.66. The number of esters is 1. The van der Waals surface area contributed by atoms with E-state index >= 15 is 8.78 Å². The van der Waals surface area contributed by atoms with E-state index in [1.165, 1.54) is 24.3 Å². The molecule has 1 unspecified atom stereocenters. The smallest absolute Gasteiger partial charge is 0.416 e. The average molecular weight is 532 g/mol. The van der Waals surface area contributed by atoms with Crippen LogP contribution >= 0.6 is 11.8 Å². The molecule has 190 valence electrons. The molecule has 10 heteroatoms. The number of benzene rings is 3. The zero-order valence-electron chi connectivity index (χ0n) is 19.2. The van der Waals surface area contributed by atoms with E-state index in [0.717, 1.165) is 41.6 Å². The van der Waals surface area contributed by atoms with Gasteiger partial charge in [0.1, 0.15) is 6.04 Å². The number of aromatic nitrogens is 1. The van der Waals surface area contributed by atoms with Crippen LogP contribution in [0.25, 0.3) is 21.9 Å². The molecule has 5 rings (SSSR count). The molecule has 0 fully saturated rings. The van der Waals surface area contributed by atoms with E-state index in [9.17, 15) is 22.8 Å². The summed E-state index contributed by atoms with van der Waals surface area (Å²) in [4.78, 5) is 25.5. The molecule has 0 radical (unpaired) electrons. The lowest BCUT2D eigenvalue weighted by molar-refractivity contribution is -0.144. The molecule has 2 heterocycles. The molecule has 1 aliphatic heterocycles. The average Bonchev–Trinajstić information content (AvgIpc) is 3.33. The van der Waals surface area contributed by atoms with E-state index in [-0.39, 0.29) is 27.3 Å². The maximum Gasteiger partial charge on any atom is 0.416 e. The maximum atomic E-state index is 16.4. The highest BCUT2D eigenvalue weighted by Crippen LogP contribution is 2.49. The summed E-state index contributed by atoms with van der Waals surface area (Å²) in [5, 5.41) is 0.765. The summed E-state index contributed by atoms with van der Waals surface area (Å²) in [6.07, 6.45) is -4.72. The molecular weight excluding hydrogens is 513 g/mol. The van der Waals surface area contributed by atoms with E-state index in [1.54, 1.807) is 24.3 Å². The van der Waals surface area contributed by atoms with Gasteiger partial charge in [-0.3, -0.25) is 9.36 Å². The lowest BCUT2D eigenvalue weighted by Crippen LogP contribution is -2.31. The molecule has 1 aliphatic rings. The van der Waals surface area contributed by atoms with Gasteiger partial charge in [-0.05, 0) is 28.5 Å². The summed E-state index contributed by atoms with van der Waals surface area (Å²) >= 11 is 0.945. The molecule has 1 aromatic heterocycles. The molecule has 0 spiro atoms. The summed E-state index contributed by atoms with van der Waals surface area (Å²) in [7, 11) is 1.13. The first-order valence-electron chi connectivity index (χ1n) is 11.1. The van der Waals surface area contributed by atoms with Gasteiger partial charge in [0.25, 0.3) is 11.5 Å². The fourth-order valence-electron chi connectivity index (χ4n) is 4.60. The molecule has 4 nitrogen and oxygen atoms in total. The number of hydrogen-bond acceptors (Lipinski definition) is 4. The molecule has 0 aliphatic carbocycles. The molecule has 37 heavy (non-hydrogen) atoms. The Morgan fingerprint density at radius 3 is 2.38 bits per heavy atom. The van der Waals surface area contributed by atoms with Gasteiger partial charge >= 0.3 is 12.1 Å². The van der Waals surface area contributed by atoms with E-state index in [4.69, 9.17) is 4.74 Å². The molecule has 0 N–H and O–H groups in total. The highest BCUT2D eigenvalue weighted by Gasteiger charge is 2.43. The van der Waals surface area contributed by atoms with Crippen molar-refractivity contribution < 1.29 is 31.5 Å². The number of alkyl halides is 5. The molecule has 0 amide bonds. The topological polar surface area (TPSA) is 48.3 Å². The Labute approximate surface area is 211 Å². The number of carbonyl (C=O) groups excluding carboxylic acids is 1. The molecule has 4 aromatic rings. The van der Waals surface area contributed by atoms with Crippen molar-refractivity contribution in [2.75, 3.05) is 12.9 Å². The lowest BCUT2D eigenvalue weighted by Gasteiger charge is -2.25. The Kier molecular flexibility index (Phi) is 6.10. The zero-order valence-corrected chi connectivity index (χ0v) is 20.0. The summed E-state index contributed by atoms with van der Waals surface area (Å²) in [5.41, 5.74) is -3.41. The van der Waals surface area contributed by atoms with Crippen molar-refractivity contribution >= 4 is 28.5 Å². The van der Waals surface area contributed by atoms with Crippen molar-refractivity contribution in [3.63, 3.8) is 0 Å². The standard InChI is InChI=1S/C27H18F5NO3S/c1-36-25(35)21-14-37-24-23(16-8-4-9-17(12-16)27(30,31)32)20(13-22(34)33(21)24)26(28,29)19-11-5-7-15-6-2-3-10-18(15)19/h2-13,21H,14H2,1H3. The van der Waals surface area contributed by atoms with Crippen LogP contribution in [0.4, 0.5) is 22.0 Å². The maximum absolute atomic E-state index is 16.4. The van der Waals surface area contributed by atoms with Gasteiger partial charge in [-0.2, -0.15) is 22.0 Å². The van der Waals surface area contributed by atoms with Crippen molar-refractivity contribution in [1.29, 1.82) is 0 Å². The van der Waals surface area contributed by atoms with Crippen LogP contribution in [0, 0.1) is 0 Å². The number of carbonyl (C=O) groups is 1. The monoisotopic (exact) mass is 531 g/mol. The fraction of sp³-hybridized carbons (Fsp3) is 0.185. The van der Waals surface area contributed by atoms with Crippen LogP contribution in [0.5, 0.6) is 0 Å². The number of halogens is 5. The number of fused-ring (bicyclic) bond motifs is 2. The predicted molar refractivity (Wildman–Crippen MR) is 130 cm³/mol. The second-order valence-electron chi connectivity index (χ2n) is 8.48. The molecule has 3 aromatic carbocycles. The number of nitrogens with zero attached hydrogens (tertiary/aromatic N) is 1. The van der Waals surface area contributed by atoms with Gasteiger partial charge in [0.2, 0.25) is 0 Å². The number of methoxy groups -OCH3 is 1. The van der Waals surface area contributed by atoms with Gasteiger partial charge in [-0.15, -0.1) is 11.8 Å². The third kappa shape index (κ3) is 4.19. The van der Waals surface area contributed by atoms with Gasteiger partial charge in [0.15, 0.2) is 0 Å². The van der Waals surface area contributed by atoms with Crippen molar-refractivity contribution in [2.24, 2.45) is 0 Å². The predicted octanol–water partition coefficient (Wildman–Crippen LogP) is 6.65. The minimum atomic E-state index is -4.72. The van der Waals surface area contributed by atoms with E-state index < -0.39 is 46.4 Å². The SMILES string of the molecule is COC(=O)C1CSc2c(-c3cccc(C(F)(F)F)c3)c(C(F)(F)c3cccc4ccccc34)cc(=O)n21. The van der Waals surface area contributed by atoms with Crippen LogP contribution in [-0.2, 0) is 21.6 Å². The molecule has 1 atom stereocenters. The summed E-state index contributed by atoms with van der Waals surface area (Å²) in [6.45, 7) is 0. The van der Waals surface area contributed by atoms with Crippen LogP contribution in [0.1, 0.15) is 22.7 Å². The Balaban J connectivity index is 1.84. The van der Waals surface area contributed by atoms with E-state index in [0.29, 0.717) is 11.5 Å². The van der Waals surface area contributed by atoms with Gasteiger partial charge in [-0.25, -0.2) is 4.79 Å². The summed E-state index contributed by atoms with van der Waals surface area (Å²) < 4.78 is 79.2. The van der Waals surface area contributed by atoms with Crippen molar-refractivity contribution in [2.45, 2.75) is 23.2 Å². The van der Waals surface area contributed by atoms with Crippen LogP contribution in [0.2, 0.25) is 0 Å².